The van der Waals surface area contributed by atoms with Gasteiger partial charge in [0, 0.05) is 44.5 Å². The highest BCUT2D eigenvalue weighted by Gasteiger charge is 2.29. The van der Waals surface area contributed by atoms with Gasteiger partial charge in [0.2, 0.25) is 27.8 Å². The summed E-state index contributed by atoms with van der Waals surface area (Å²) in [7, 11) is -3.76. The molecule has 0 unspecified atom stereocenters. The van der Waals surface area contributed by atoms with Gasteiger partial charge in [-0.3, -0.25) is 9.59 Å². The Bertz CT molecular complexity index is 1530. The zero-order valence-corrected chi connectivity index (χ0v) is 23.1. The molecule has 3 aromatic rings. The van der Waals surface area contributed by atoms with E-state index in [-0.39, 0.29) is 46.6 Å². The quantitative estimate of drug-likeness (QED) is 0.332. The summed E-state index contributed by atoms with van der Waals surface area (Å²) in [6.07, 6.45) is 2.54. The van der Waals surface area contributed by atoms with Gasteiger partial charge in [-0.2, -0.15) is 9.29 Å². The van der Waals surface area contributed by atoms with Crippen LogP contribution in [0.25, 0.3) is 0 Å². The standard InChI is InChI=1S/C25H25Cl2N7O4S/c1-3-23(36)31-22-8-7-18(14-20(22)26)29-24-21(27)15-28-25(32-24)30-17-5-4-6-19(13-17)39(37,38)34-11-9-33(10-12-34)16(2)35/h3-8,13-15H,1,9-12H2,2H3,(H,31,36)(H2,28,29,30,32). The Labute approximate surface area is 235 Å². The van der Waals surface area contributed by atoms with Crippen molar-refractivity contribution in [2.75, 3.05) is 42.1 Å². The molecule has 0 atom stereocenters. The van der Waals surface area contributed by atoms with Gasteiger partial charge in [0.05, 0.1) is 21.8 Å². The van der Waals surface area contributed by atoms with Gasteiger partial charge in [0.15, 0.2) is 5.82 Å². The average molecular weight is 590 g/mol. The van der Waals surface area contributed by atoms with Crippen molar-refractivity contribution in [1.82, 2.24) is 19.2 Å². The molecule has 3 N–H and O–H groups in total. The Morgan fingerprint density at radius 1 is 1.00 bits per heavy atom. The van der Waals surface area contributed by atoms with E-state index in [9.17, 15) is 18.0 Å². The number of piperazine rings is 1. The smallest absolute Gasteiger partial charge is 0.247 e. The van der Waals surface area contributed by atoms with E-state index in [0.717, 1.165) is 6.08 Å². The number of carbonyl (C=O) groups is 2. The normalized spacial score (nSPS) is 14.0. The van der Waals surface area contributed by atoms with Crippen molar-refractivity contribution in [2.45, 2.75) is 11.8 Å². The van der Waals surface area contributed by atoms with Crippen LogP contribution in [0.4, 0.5) is 28.8 Å². The van der Waals surface area contributed by atoms with Crippen molar-refractivity contribution >= 4 is 73.9 Å². The molecule has 2 aromatic carbocycles. The van der Waals surface area contributed by atoms with Crippen molar-refractivity contribution in [2.24, 2.45) is 0 Å². The molecule has 1 fully saturated rings. The molecule has 1 aliphatic heterocycles. The number of aromatic nitrogens is 2. The first kappa shape index (κ1) is 28.3. The highest BCUT2D eigenvalue weighted by atomic mass is 35.5. The van der Waals surface area contributed by atoms with Gasteiger partial charge in [-0.05, 0) is 42.5 Å². The van der Waals surface area contributed by atoms with E-state index in [1.807, 2.05) is 0 Å². The maximum atomic E-state index is 13.2. The Balaban J connectivity index is 1.49. The van der Waals surface area contributed by atoms with Crippen LogP contribution in [-0.4, -0.2) is 65.6 Å². The molecule has 0 radical (unpaired) electrons. The van der Waals surface area contributed by atoms with Gasteiger partial charge in [-0.1, -0.05) is 35.8 Å². The van der Waals surface area contributed by atoms with Crippen LogP contribution in [0.2, 0.25) is 10.0 Å². The Kier molecular flexibility index (Phi) is 8.70. The van der Waals surface area contributed by atoms with Crippen molar-refractivity contribution < 1.29 is 18.0 Å². The van der Waals surface area contributed by atoms with Gasteiger partial charge in [-0.25, -0.2) is 13.4 Å². The maximum Gasteiger partial charge on any atom is 0.247 e. The number of rotatable bonds is 8. The average Bonchev–Trinajstić information content (AvgIpc) is 2.92. The van der Waals surface area contributed by atoms with Gasteiger partial charge in [0.1, 0.15) is 5.02 Å². The number of nitrogens with one attached hydrogen (secondary N) is 3. The second-order valence-electron chi connectivity index (χ2n) is 8.47. The van der Waals surface area contributed by atoms with Crippen LogP contribution in [0.15, 0.2) is 66.2 Å². The number of nitrogens with zero attached hydrogens (tertiary/aromatic N) is 4. The molecule has 0 spiro atoms. The Morgan fingerprint density at radius 2 is 1.72 bits per heavy atom. The molecule has 11 nitrogen and oxygen atoms in total. The first-order valence-corrected chi connectivity index (χ1v) is 13.9. The highest BCUT2D eigenvalue weighted by Crippen LogP contribution is 2.30. The largest absolute Gasteiger partial charge is 0.340 e. The van der Waals surface area contributed by atoms with E-state index in [1.54, 1.807) is 35.2 Å². The van der Waals surface area contributed by atoms with E-state index < -0.39 is 10.0 Å². The minimum Gasteiger partial charge on any atom is -0.340 e. The summed E-state index contributed by atoms with van der Waals surface area (Å²) >= 11 is 12.5. The second kappa shape index (κ2) is 12.0. The zero-order valence-electron chi connectivity index (χ0n) is 20.8. The third-order valence-electron chi connectivity index (χ3n) is 5.83. The molecular weight excluding hydrogens is 565 g/mol. The number of halogens is 2. The first-order chi connectivity index (χ1) is 18.6. The summed E-state index contributed by atoms with van der Waals surface area (Å²) in [6.45, 7) is 6.01. The Hall–Kier alpha value is -3.71. The summed E-state index contributed by atoms with van der Waals surface area (Å²) in [4.78, 5) is 33.4. The lowest BCUT2D eigenvalue weighted by molar-refractivity contribution is -0.130. The van der Waals surface area contributed by atoms with E-state index in [2.05, 4.69) is 32.5 Å². The van der Waals surface area contributed by atoms with Crippen molar-refractivity contribution in [3.8, 4) is 0 Å². The molecule has 0 saturated carbocycles. The lowest BCUT2D eigenvalue weighted by Gasteiger charge is -2.33. The fourth-order valence-corrected chi connectivity index (χ4v) is 5.62. The molecule has 14 heteroatoms. The van der Waals surface area contributed by atoms with Crippen molar-refractivity contribution in [3.63, 3.8) is 0 Å². The lowest BCUT2D eigenvalue weighted by atomic mass is 10.2. The predicted octanol–water partition coefficient (Wildman–Crippen LogP) is 4.25. The third-order valence-corrected chi connectivity index (χ3v) is 8.32. The summed E-state index contributed by atoms with van der Waals surface area (Å²) in [5.74, 6) is -0.0143. The molecule has 1 aliphatic rings. The summed E-state index contributed by atoms with van der Waals surface area (Å²) < 4.78 is 27.8. The molecule has 39 heavy (non-hydrogen) atoms. The molecule has 1 aromatic heterocycles. The molecule has 2 amide bonds. The number of hydrogen-bond acceptors (Lipinski definition) is 8. The monoisotopic (exact) mass is 589 g/mol. The Morgan fingerprint density at radius 3 is 2.38 bits per heavy atom. The minimum absolute atomic E-state index is 0.0767. The van der Waals surface area contributed by atoms with Crippen LogP contribution in [0, 0.1) is 0 Å². The van der Waals surface area contributed by atoms with E-state index in [1.165, 1.54) is 29.6 Å². The lowest BCUT2D eigenvalue weighted by Crippen LogP contribution is -2.49. The van der Waals surface area contributed by atoms with Crippen LogP contribution in [0.3, 0.4) is 0 Å². The van der Waals surface area contributed by atoms with Gasteiger partial charge >= 0.3 is 0 Å². The summed E-state index contributed by atoms with van der Waals surface area (Å²) in [5, 5.41) is 9.19. The van der Waals surface area contributed by atoms with Crippen LogP contribution in [-0.2, 0) is 19.6 Å². The van der Waals surface area contributed by atoms with Crippen molar-refractivity contribution in [1.29, 1.82) is 0 Å². The van der Waals surface area contributed by atoms with E-state index >= 15 is 0 Å². The van der Waals surface area contributed by atoms with Crippen molar-refractivity contribution in [3.05, 3.63) is 71.4 Å². The first-order valence-electron chi connectivity index (χ1n) is 11.7. The van der Waals surface area contributed by atoms with Crippen LogP contribution < -0.4 is 16.0 Å². The number of amides is 2. The SMILES string of the molecule is C=CC(=O)Nc1ccc(Nc2nc(Nc3cccc(S(=O)(=O)N4CCN(C(C)=O)CC4)c3)ncc2Cl)cc1Cl. The highest BCUT2D eigenvalue weighted by molar-refractivity contribution is 7.89. The molecule has 4 rings (SSSR count). The second-order valence-corrected chi connectivity index (χ2v) is 11.2. The molecular formula is C25H25Cl2N7O4S. The van der Waals surface area contributed by atoms with E-state index in [4.69, 9.17) is 23.2 Å². The predicted molar refractivity (Wildman–Crippen MR) is 151 cm³/mol. The zero-order chi connectivity index (χ0) is 28.2. The number of carbonyl (C=O) groups excluding carboxylic acids is 2. The summed E-state index contributed by atoms with van der Waals surface area (Å²) in [6, 6.07) is 11.2. The fraction of sp³-hybridized carbons (Fsp3) is 0.200. The number of sulfonamides is 1. The number of anilines is 5. The van der Waals surface area contributed by atoms with Crippen LogP contribution in [0.1, 0.15) is 6.92 Å². The fourth-order valence-electron chi connectivity index (χ4n) is 3.79. The van der Waals surface area contributed by atoms with Gasteiger partial charge < -0.3 is 20.9 Å². The number of hydrogen-bond donors (Lipinski definition) is 3. The van der Waals surface area contributed by atoms with Gasteiger partial charge in [0.25, 0.3) is 0 Å². The molecule has 0 aliphatic carbocycles. The molecule has 0 bridgehead atoms. The molecule has 204 valence electrons. The third kappa shape index (κ3) is 6.84. The minimum atomic E-state index is -3.76. The topological polar surface area (TPSA) is 137 Å². The van der Waals surface area contributed by atoms with Gasteiger partial charge in [-0.15, -0.1) is 0 Å². The van der Waals surface area contributed by atoms with E-state index in [0.29, 0.717) is 35.2 Å². The molecule has 1 saturated heterocycles. The molecule has 2 heterocycles. The van der Waals surface area contributed by atoms with Crippen LogP contribution >= 0.6 is 23.2 Å². The van der Waals surface area contributed by atoms with Crippen LogP contribution in [0.5, 0.6) is 0 Å². The summed E-state index contributed by atoms with van der Waals surface area (Å²) in [5.41, 5.74) is 1.43. The maximum absolute atomic E-state index is 13.2. The number of benzene rings is 2.